The molecule has 0 radical (unpaired) electrons. The molecule has 1 unspecified atom stereocenters. The van der Waals surface area contributed by atoms with E-state index in [0.29, 0.717) is 40.2 Å². The Balaban J connectivity index is 2.34. The van der Waals surface area contributed by atoms with Gasteiger partial charge in [-0.05, 0) is 46.8 Å². The van der Waals surface area contributed by atoms with Crippen molar-refractivity contribution in [3.63, 3.8) is 0 Å². The SMILES string of the molecule is COC(=O)c1cccc(N=C2CCC(C)CC2=O)c1Br. The van der Waals surface area contributed by atoms with Gasteiger partial charge in [0.05, 0.1) is 28.5 Å². The third-order valence-corrected chi connectivity index (χ3v) is 4.20. The zero-order chi connectivity index (χ0) is 14.7. The van der Waals surface area contributed by atoms with Crippen LogP contribution in [0.4, 0.5) is 5.69 Å². The summed E-state index contributed by atoms with van der Waals surface area (Å²) in [6.45, 7) is 2.07. The molecule has 0 aliphatic heterocycles. The molecule has 0 bridgehead atoms. The van der Waals surface area contributed by atoms with Crippen LogP contribution in [0.2, 0.25) is 0 Å². The van der Waals surface area contributed by atoms with Crippen LogP contribution in [-0.4, -0.2) is 24.6 Å². The van der Waals surface area contributed by atoms with Crippen molar-refractivity contribution in [1.82, 2.24) is 0 Å². The molecule has 0 N–H and O–H groups in total. The minimum atomic E-state index is -0.428. The first-order chi connectivity index (χ1) is 9.52. The van der Waals surface area contributed by atoms with Crippen molar-refractivity contribution in [1.29, 1.82) is 0 Å². The third kappa shape index (κ3) is 3.15. The van der Waals surface area contributed by atoms with Crippen LogP contribution in [0.15, 0.2) is 27.7 Å². The van der Waals surface area contributed by atoms with E-state index in [9.17, 15) is 9.59 Å². The van der Waals surface area contributed by atoms with E-state index in [1.165, 1.54) is 7.11 Å². The molecular formula is C15H16BrNO3. The van der Waals surface area contributed by atoms with Crippen molar-refractivity contribution < 1.29 is 14.3 Å². The molecule has 0 spiro atoms. The average molecular weight is 338 g/mol. The fourth-order valence-electron chi connectivity index (χ4n) is 2.20. The van der Waals surface area contributed by atoms with E-state index < -0.39 is 5.97 Å². The lowest BCUT2D eigenvalue weighted by Crippen LogP contribution is -2.23. The van der Waals surface area contributed by atoms with Gasteiger partial charge in [0.2, 0.25) is 0 Å². The molecule has 106 valence electrons. The molecule has 1 saturated carbocycles. The van der Waals surface area contributed by atoms with Crippen LogP contribution in [-0.2, 0) is 9.53 Å². The minimum absolute atomic E-state index is 0.0964. The number of esters is 1. The highest BCUT2D eigenvalue weighted by Crippen LogP contribution is 2.31. The molecule has 1 aliphatic rings. The maximum absolute atomic E-state index is 12.0. The first-order valence-corrected chi connectivity index (χ1v) is 7.29. The van der Waals surface area contributed by atoms with Crippen LogP contribution < -0.4 is 0 Å². The molecule has 0 amide bonds. The van der Waals surface area contributed by atoms with Crippen LogP contribution in [0, 0.1) is 5.92 Å². The number of hydrogen-bond acceptors (Lipinski definition) is 4. The van der Waals surface area contributed by atoms with Gasteiger partial charge in [-0.2, -0.15) is 0 Å². The number of nitrogens with zero attached hydrogens (tertiary/aromatic N) is 1. The molecule has 5 heteroatoms. The van der Waals surface area contributed by atoms with Gasteiger partial charge in [0.25, 0.3) is 0 Å². The van der Waals surface area contributed by atoms with E-state index in [2.05, 4.69) is 27.8 Å². The second kappa shape index (κ2) is 6.31. The Bertz CT molecular complexity index is 580. The lowest BCUT2D eigenvalue weighted by Gasteiger charge is -2.18. The van der Waals surface area contributed by atoms with E-state index in [-0.39, 0.29) is 5.78 Å². The largest absolute Gasteiger partial charge is 0.465 e. The van der Waals surface area contributed by atoms with Crippen molar-refractivity contribution in [2.75, 3.05) is 7.11 Å². The predicted octanol–water partition coefficient (Wildman–Crippen LogP) is 3.70. The number of ketones is 1. The highest BCUT2D eigenvalue weighted by Gasteiger charge is 2.22. The average Bonchev–Trinajstić information content (AvgIpc) is 2.43. The summed E-state index contributed by atoms with van der Waals surface area (Å²) >= 11 is 3.36. The van der Waals surface area contributed by atoms with E-state index in [0.717, 1.165) is 6.42 Å². The number of carbonyl (C=O) groups excluding carboxylic acids is 2. The molecule has 2 rings (SSSR count). The second-order valence-corrected chi connectivity index (χ2v) is 5.75. The first kappa shape index (κ1) is 14.9. The summed E-state index contributed by atoms with van der Waals surface area (Å²) in [5, 5.41) is 0. The predicted molar refractivity (Wildman–Crippen MR) is 80.6 cm³/mol. The zero-order valence-corrected chi connectivity index (χ0v) is 13.1. The van der Waals surface area contributed by atoms with Crippen molar-refractivity contribution in [2.24, 2.45) is 10.9 Å². The van der Waals surface area contributed by atoms with Gasteiger partial charge in [-0.15, -0.1) is 0 Å². The Kier molecular flexibility index (Phi) is 4.70. The summed E-state index contributed by atoms with van der Waals surface area (Å²) in [6, 6.07) is 5.16. The highest BCUT2D eigenvalue weighted by molar-refractivity contribution is 9.10. The molecule has 1 atom stereocenters. The van der Waals surface area contributed by atoms with Gasteiger partial charge in [0.1, 0.15) is 0 Å². The van der Waals surface area contributed by atoms with Gasteiger partial charge in [-0.3, -0.25) is 4.79 Å². The van der Waals surface area contributed by atoms with Gasteiger partial charge in [-0.25, -0.2) is 9.79 Å². The standard InChI is InChI=1S/C15H16BrNO3/c1-9-6-7-11(13(18)8-9)17-12-5-3-4-10(14(12)16)15(19)20-2/h3-5,9H,6-8H2,1-2H3. The number of methoxy groups -OCH3 is 1. The van der Waals surface area contributed by atoms with E-state index >= 15 is 0 Å². The van der Waals surface area contributed by atoms with E-state index in [4.69, 9.17) is 4.74 Å². The fourth-order valence-corrected chi connectivity index (χ4v) is 2.71. The quantitative estimate of drug-likeness (QED) is 0.773. The number of Topliss-reactive ketones (excluding diaryl/α,β-unsaturated/α-hetero) is 1. The number of hydrogen-bond donors (Lipinski definition) is 0. The van der Waals surface area contributed by atoms with Crippen LogP contribution in [0.1, 0.15) is 36.5 Å². The highest BCUT2D eigenvalue weighted by atomic mass is 79.9. The Morgan fingerprint density at radius 1 is 1.45 bits per heavy atom. The Morgan fingerprint density at radius 3 is 2.85 bits per heavy atom. The van der Waals surface area contributed by atoms with Gasteiger partial charge in [0, 0.05) is 6.42 Å². The van der Waals surface area contributed by atoms with Gasteiger partial charge in [-0.1, -0.05) is 13.0 Å². The monoisotopic (exact) mass is 337 g/mol. The molecule has 0 saturated heterocycles. The number of benzene rings is 1. The molecule has 1 fully saturated rings. The number of ether oxygens (including phenoxy) is 1. The third-order valence-electron chi connectivity index (χ3n) is 3.37. The number of halogens is 1. The number of rotatable bonds is 2. The Labute approximate surface area is 126 Å². The Hall–Kier alpha value is -1.49. The van der Waals surface area contributed by atoms with Crippen molar-refractivity contribution in [2.45, 2.75) is 26.2 Å². The molecule has 4 nitrogen and oxygen atoms in total. The number of carbonyl (C=O) groups is 2. The Morgan fingerprint density at radius 2 is 2.20 bits per heavy atom. The molecule has 0 heterocycles. The molecular weight excluding hydrogens is 322 g/mol. The maximum atomic E-state index is 12.0. The summed E-state index contributed by atoms with van der Waals surface area (Å²) in [5.74, 6) is 0.0907. The number of aliphatic imine (C=N–C) groups is 1. The second-order valence-electron chi connectivity index (χ2n) is 4.96. The molecule has 20 heavy (non-hydrogen) atoms. The van der Waals surface area contributed by atoms with E-state index in [1.807, 2.05) is 0 Å². The van der Waals surface area contributed by atoms with Gasteiger partial charge < -0.3 is 4.74 Å². The minimum Gasteiger partial charge on any atom is -0.465 e. The summed E-state index contributed by atoms with van der Waals surface area (Å²) in [6.07, 6.45) is 2.21. The normalized spacial score (nSPS) is 21.1. The fraction of sp³-hybridized carbons (Fsp3) is 0.400. The maximum Gasteiger partial charge on any atom is 0.339 e. The lowest BCUT2D eigenvalue weighted by atomic mass is 9.88. The van der Waals surface area contributed by atoms with E-state index in [1.54, 1.807) is 18.2 Å². The van der Waals surface area contributed by atoms with Crippen LogP contribution in [0.25, 0.3) is 0 Å². The summed E-state index contributed by atoms with van der Waals surface area (Å²) < 4.78 is 5.27. The zero-order valence-electron chi connectivity index (χ0n) is 11.5. The summed E-state index contributed by atoms with van der Waals surface area (Å²) in [4.78, 5) is 28.0. The molecule has 1 aromatic carbocycles. The van der Waals surface area contributed by atoms with Gasteiger partial charge >= 0.3 is 5.97 Å². The van der Waals surface area contributed by atoms with Crippen LogP contribution in [0.5, 0.6) is 0 Å². The van der Waals surface area contributed by atoms with Crippen molar-refractivity contribution in [3.8, 4) is 0 Å². The van der Waals surface area contributed by atoms with Crippen molar-refractivity contribution in [3.05, 3.63) is 28.2 Å². The lowest BCUT2D eigenvalue weighted by molar-refractivity contribution is -0.114. The summed E-state index contributed by atoms with van der Waals surface area (Å²) in [7, 11) is 1.33. The van der Waals surface area contributed by atoms with Crippen molar-refractivity contribution >= 4 is 39.1 Å². The van der Waals surface area contributed by atoms with Gasteiger partial charge in [0.15, 0.2) is 5.78 Å². The molecule has 0 aromatic heterocycles. The smallest absolute Gasteiger partial charge is 0.339 e. The first-order valence-electron chi connectivity index (χ1n) is 6.50. The molecule has 1 aliphatic carbocycles. The van der Waals surface area contributed by atoms with Crippen LogP contribution in [0.3, 0.4) is 0 Å². The molecule has 1 aromatic rings. The van der Waals surface area contributed by atoms with Crippen LogP contribution >= 0.6 is 15.9 Å². The summed E-state index contributed by atoms with van der Waals surface area (Å²) in [5.41, 5.74) is 1.59. The topological polar surface area (TPSA) is 55.7 Å².